The van der Waals surface area contributed by atoms with Gasteiger partial charge in [0.05, 0.1) is 33.7 Å². The van der Waals surface area contributed by atoms with Crippen LogP contribution in [0.15, 0.2) is 23.4 Å². The van der Waals surface area contributed by atoms with E-state index in [0.29, 0.717) is 24.1 Å². The highest BCUT2D eigenvalue weighted by atomic mass is 32.2. The molecule has 0 saturated carbocycles. The number of imidazole rings is 1. The Hall–Kier alpha value is -1.40. The smallest absolute Gasteiger partial charge is 0.197 e. The van der Waals surface area contributed by atoms with Crippen molar-refractivity contribution < 1.29 is 8.95 Å². The van der Waals surface area contributed by atoms with Crippen molar-refractivity contribution >= 4 is 27.5 Å². The number of hydrogen-bond donors (Lipinski definition) is 2. The van der Waals surface area contributed by atoms with Crippen molar-refractivity contribution in [3.8, 4) is 0 Å². The molecule has 17 heavy (non-hydrogen) atoms. The van der Waals surface area contributed by atoms with Crippen LogP contribution in [0.5, 0.6) is 0 Å². The average Bonchev–Trinajstić information content (AvgIpc) is 2.96. The Labute approximate surface area is 101 Å². The predicted molar refractivity (Wildman–Crippen MR) is 66.1 cm³/mol. The van der Waals surface area contributed by atoms with Gasteiger partial charge in [0, 0.05) is 12.3 Å². The van der Waals surface area contributed by atoms with Crippen LogP contribution in [0.25, 0.3) is 11.0 Å². The van der Waals surface area contributed by atoms with Gasteiger partial charge in [0.2, 0.25) is 0 Å². The van der Waals surface area contributed by atoms with Gasteiger partial charge in [-0.1, -0.05) is 0 Å². The molecule has 2 unspecified atom stereocenters. The second kappa shape index (κ2) is 4.12. The van der Waals surface area contributed by atoms with Crippen molar-refractivity contribution in [1.82, 2.24) is 9.97 Å². The van der Waals surface area contributed by atoms with E-state index < -0.39 is 10.8 Å². The number of rotatable bonds is 2. The van der Waals surface area contributed by atoms with E-state index in [1.165, 1.54) is 0 Å². The lowest BCUT2D eigenvalue weighted by Crippen LogP contribution is -2.15. The number of hydrogen-bond acceptors (Lipinski definition) is 4. The van der Waals surface area contributed by atoms with Gasteiger partial charge in [0.25, 0.3) is 0 Å². The summed E-state index contributed by atoms with van der Waals surface area (Å²) in [5.41, 5.74) is 7.98. The van der Waals surface area contributed by atoms with Crippen LogP contribution in [0.4, 0.5) is 5.69 Å². The largest absolute Gasteiger partial charge is 0.399 e. The number of nitrogen functional groups attached to an aromatic ring is 1. The number of fused-ring (bicyclic) bond motifs is 1. The van der Waals surface area contributed by atoms with E-state index in [4.69, 9.17) is 10.5 Å². The van der Waals surface area contributed by atoms with Gasteiger partial charge in [0.15, 0.2) is 5.16 Å². The van der Waals surface area contributed by atoms with Gasteiger partial charge in [-0.3, -0.25) is 4.21 Å². The summed E-state index contributed by atoms with van der Waals surface area (Å²) in [5.74, 6) is 0. The summed E-state index contributed by atoms with van der Waals surface area (Å²) in [4.78, 5) is 7.40. The second-order valence-electron chi connectivity index (χ2n) is 4.10. The number of aromatic amines is 1. The van der Waals surface area contributed by atoms with Gasteiger partial charge < -0.3 is 15.5 Å². The fraction of sp³-hybridized carbons (Fsp3) is 0.364. The van der Waals surface area contributed by atoms with E-state index in [2.05, 4.69) is 9.97 Å². The van der Waals surface area contributed by atoms with Crippen molar-refractivity contribution in [2.75, 3.05) is 18.9 Å². The predicted octanol–water partition coefficient (Wildman–Crippen LogP) is 1.04. The lowest BCUT2D eigenvalue weighted by Gasteiger charge is -2.03. The lowest BCUT2D eigenvalue weighted by molar-refractivity contribution is 0.198. The molecule has 2 aromatic rings. The topological polar surface area (TPSA) is 81.0 Å². The molecule has 2 atom stereocenters. The number of benzene rings is 1. The molecule has 5 nitrogen and oxygen atoms in total. The summed E-state index contributed by atoms with van der Waals surface area (Å²) in [6, 6.07) is 5.41. The van der Waals surface area contributed by atoms with E-state index >= 15 is 0 Å². The zero-order valence-electron chi connectivity index (χ0n) is 9.18. The monoisotopic (exact) mass is 251 g/mol. The summed E-state index contributed by atoms with van der Waals surface area (Å²) in [6.07, 6.45) is 0.825. The molecule has 0 bridgehead atoms. The third kappa shape index (κ3) is 1.94. The van der Waals surface area contributed by atoms with Gasteiger partial charge in [-0.15, -0.1) is 0 Å². The van der Waals surface area contributed by atoms with Gasteiger partial charge in [-0.2, -0.15) is 0 Å². The molecule has 0 aliphatic carbocycles. The van der Waals surface area contributed by atoms with Gasteiger partial charge in [-0.25, -0.2) is 4.98 Å². The van der Waals surface area contributed by atoms with E-state index in [9.17, 15) is 4.21 Å². The number of anilines is 1. The maximum absolute atomic E-state index is 12.2. The normalized spacial score (nSPS) is 22.0. The third-order valence-corrected chi connectivity index (χ3v) is 4.42. The van der Waals surface area contributed by atoms with Crippen LogP contribution >= 0.6 is 0 Å². The first-order valence-corrected chi connectivity index (χ1v) is 6.69. The highest BCUT2D eigenvalue weighted by molar-refractivity contribution is 7.85. The van der Waals surface area contributed by atoms with E-state index in [1.54, 1.807) is 12.1 Å². The van der Waals surface area contributed by atoms with Crippen molar-refractivity contribution in [3.05, 3.63) is 18.2 Å². The van der Waals surface area contributed by atoms with Crippen LogP contribution in [0, 0.1) is 0 Å². The Morgan fingerprint density at radius 2 is 2.41 bits per heavy atom. The van der Waals surface area contributed by atoms with E-state index in [-0.39, 0.29) is 5.25 Å². The minimum atomic E-state index is -1.13. The molecule has 1 aliphatic rings. The molecule has 1 fully saturated rings. The van der Waals surface area contributed by atoms with Crippen molar-refractivity contribution in [2.45, 2.75) is 16.8 Å². The minimum absolute atomic E-state index is 0.0490. The first-order valence-electron chi connectivity index (χ1n) is 5.47. The Kier molecular flexibility index (Phi) is 2.60. The molecule has 3 N–H and O–H groups in total. The van der Waals surface area contributed by atoms with Crippen LogP contribution in [-0.2, 0) is 15.5 Å². The molecule has 1 saturated heterocycles. The lowest BCUT2D eigenvalue weighted by atomic mass is 10.3. The Balaban J connectivity index is 1.97. The number of nitrogens with zero attached hydrogens (tertiary/aromatic N) is 1. The third-order valence-electron chi connectivity index (χ3n) is 2.87. The van der Waals surface area contributed by atoms with Gasteiger partial charge >= 0.3 is 0 Å². The molecule has 0 radical (unpaired) electrons. The maximum atomic E-state index is 12.2. The first-order chi connectivity index (χ1) is 8.24. The van der Waals surface area contributed by atoms with Crippen molar-refractivity contribution in [3.63, 3.8) is 0 Å². The van der Waals surface area contributed by atoms with Crippen LogP contribution in [0.3, 0.4) is 0 Å². The fourth-order valence-electron chi connectivity index (χ4n) is 1.94. The molecule has 1 aromatic heterocycles. The number of ether oxygens (including phenoxy) is 1. The van der Waals surface area contributed by atoms with Crippen molar-refractivity contribution in [1.29, 1.82) is 0 Å². The van der Waals surface area contributed by atoms with Crippen LogP contribution < -0.4 is 5.73 Å². The fourth-order valence-corrected chi connectivity index (χ4v) is 3.18. The molecule has 3 rings (SSSR count). The molecule has 1 aromatic carbocycles. The summed E-state index contributed by atoms with van der Waals surface area (Å²) >= 11 is 0. The van der Waals surface area contributed by atoms with Crippen LogP contribution in [0.2, 0.25) is 0 Å². The Bertz CT molecular complexity index is 575. The maximum Gasteiger partial charge on any atom is 0.197 e. The van der Waals surface area contributed by atoms with Crippen LogP contribution in [0.1, 0.15) is 6.42 Å². The first kappa shape index (κ1) is 10.7. The number of nitrogens with two attached hydrogens (primary N) is 1. The molecule has 2 heterocycles. The highest BCUT2D eigenvalue weighted by Crippen LogP contribution is 2.20. The summed E-state index contributed by atoms with van der Waals surface area (Å²) < 4.78 is 17.4. The van der Waals surface area contributed by atoms with Gasteiger partial charge in [0.1, 0.15) is 0 Å². The van der Waals surface area contributed by atoms with E-state index in [0.717, 1.165) is 17.5 Å². The SMILES string of the molecule is Nc1ccc2nc(S(=O)C3CCOC3)[nH]c2c1. The molecule has 0 spiro atoms. The number of nitrogens with one attached hydrogen (secondary N) is 1. The molecular weight excluding hydrogens is 238 g/mol. The molecular formula is C11H13N3O2S. The Morgan fingerprint density at radius 3 is 3.18 bits per heavy atom. The van der Waals surface area contributed by atoms with Crippen molar-refractivity contribution in [2.24, 2.45) is 0 Å². The van der Waals surface area contributed by atoms with Gasteiger partial charge in [-0.05, 0) is 24.6 Å². The summed E-state index contributed by atoms with van der Waals surface area (Å²) in [6.45, 7) is 1.23. The Morgan fingerprint density at radius 1 is 1.53 bits per heavy atom. The zero-order chi connectivity index (χ0) is 11.8. The number of H-pyrrole nitrogens is 1. The quantitative estimate of drug-likeness (QED) is 0.781. The molecule has 0 amide bonds. The molecule has 90 valence electrons. The molecule has 6 heteroatoms. The standard InChI is InChI=1S/C11H13N3O2S/c12-7-1-2-9-10(5-7)14-11(13-9)17(15)8-3-4-16-6-8/h1-2,5,8H,3-4,6,12H2,(H,13,14). The highest BCUT2D eigenvalue weighted by Gasteiger charge is 2.25. The minimum Gasteiger partial charge on any atom is -0.399 e. The summed E-state index contributed by atoms with van der Waals surface area (Å²) in [5, 5.41) is 0.564. The second-order valence-corrected chi connectivity index (χ2v) is 5.75. The average molecular weight is 251 g/mol. The zero-order valence-corrected chi connectivity index (χ0v) is 10.00. The van der Waals surface area contributed by atoms with E-state index in [1.807, 2.05) is 6.07 Å². The number of aromatic nitrogens is 2. The molecule has 1 aliphatic heterocycles. The summed E-state index contributed by atoms with van der Waals surface area (Å²) in [7, 11) is -1.13. The van der Waals surface area contributed by atoms with Crippen LogP contribution in [-0.4, -0.2) is 32.6 Å².